The van der Waals surface area contributed by atoms with Crippen molar-refractivity contribution in [2.45, 2.75) is 13.5 Å². The Morgan fingerprint density at radius 2 is 1.85 bits per heavy atom. The van der Waals surface area contributed by atoms with Crippen molar-refractivity contribution in [3.8, 4) is 5.75 Å². The highest BCUT2D eigenvalue weighted by Gasteiger charge is 2.05. The molecule has 0 saturated carbocycles. The van der Waals surface area contributed by atoms with Gasteiger partial charge in [0.25, 0.3) is 5.69 Å². The summed E-state index contributed by atoms with van der Waals surface area (Å²) in [6.45, 7) is 2.51. The van der Waals surface area contributed by atoms with Gasteiger partial charge in [0.1, 0.15) is 12.4 Å². The fraction of sp³-hybridized carbons (Fsp3) is 0.0952. The van der Waals surface area contributed by atoms with Crippen LogP contribution in [-0.2, 0) is 6.61 Å². The highest BCUT2D eigenvalue weighted by molar-refractivity contribution is 5.84. The summed E-state index contributed by atoms with van der Waals surface area (Å²) in [6.07, 6.45) is 1.63. The Hall–Kier alpha value is -3.67. The molecule has 0 radical (unpaired) electrons. The molecule has 0 unspecified atom stereocenters. The number of hydrogen-bond acceptors (Lipinski definition) is 5. The lowest BCUT2D eigenvalue weighted by atomic mass is 10.1. The van der Waals surface area contributed by atoms with Crippen molar-refractivity contribution >= 4 is 17.6 Å². The normalized spacial score (nSPS) is 10.7. The van der Waals surface area contributed by atoms with E-state index in [1.165, 1.54) is 17.7 Å². The summed E-state index contributed by atoms with van der Waals surface area (Å²) in [6, 6.07) is 21.9. The molecule has 0 aliphatic carbocycles. The predicted octanol–water partition coefficient (Wildman–Crippen LogP) is 4.93. The molecule has 27 heavy (non-hydrogen) atoms. The van der Waals surface area contributed by atoms with Crippen molar-refractivity contribution in [3.63, 3.8) is 0 Å². The average molecular weight is 361 g/mol. The highest BCUT2D eigenvalue weighted by atomic mass is 16.6. The van der Waals surface area contributed by atoms with E-state index in [2.05, 4.69) is 22.7 Å². The summed E-state index contributed by atoms with van der Waals surface area (Å²) in [5.41, 5.74) is 6.46. The first-order chi connectivity index (χ1) is 13.1. The molecule has 0 atom stereocenters. The third-order valence-electron chi connectivity index (χ3n) is 3.89. The number of non-ortho nitro benzene ring substituents is 1. The molecule has 0 aliphatic heterocycles. The van der Waals surface area contributed by atoms with E-state index in [4.69, 9.17) is 4.74 Å². The van der Waals surface area contributed by atoms with Gasteiger partial charge in [-0.15, -0.1) is 0 Å². The zero-order chi connectivity index (χ0) is 19.1. The Morgan fingerprint density at radius 1 is 1.07 bits per heavy atom. The van der Waals surface area contributed by atoms with Crippen LogP contribution in [0, 0.1) is 17.0 Å². The molecule has 0 fully saturated rings. The third-order valence-corrected chi connectivity index (χ3v) is 3.89. The van der Waals surface area contributed by atoms with E-state index in [0.29, 0.717) is 18.0 Å². The van der Waals surface area contributed by atoms with Crippen LogP contribution in [0.3, 0.4) is 0 Å². The molecule has 0 bridgehead atoms. The largest absolute Gasteiger partial charge is 0.488 e. The Balaban J connectivity index is 1.66. The maximum Gasteiger partial charge on any atom is 0.271 e. The summed E-state index contributed by atoms with van der Waals surface area (Å²) in [4.78, 5) is 10.4. The van der Waals surface area contributed by atoms with Crippen molar-refractivity contribution in [1.82, 2.24) is 0 Å². The molecule has 0 heterocycles. The lowest BCUT2D eigenvalue weighted by Gasteiger charge is -2.09. The minimum absolute atomic E-state index is 0.0111. The third kappa shape index (κ3) is 5.15. The number of benzene rings is 3. The first-order valence-electron chi connectivity index (χ1n) is 8.43. The smallest absolute Gasteiger partial charge is 0.271 e. The van der Waals surface area contributed by atoms with Crippen LogP contribution in [0.5, 0.6) is 5.75 Å². The number of ether oxygens (including phenoxy) is 1. The van der Waals surface area contributed by atoms with Crippen LogP contribution in [0.4, 0.5) is 11.4 Å². The minimum Gasteiger partial charge on any atom is -0.488 e. The van der Waals surface area contributed by atoms with Crippen LogP contribution in [0.2, 0.25) is 0 Å². The van der Waals surface area contributed by atoms with Gasteiger partial charge in [0.2, 0.25) is 0 Å². The van der Waals surface area contributed by atoms with Gasteiger partial charge in [-0.25, -0.2) is 0 Å². The predicted molar refractivity (Wildman–Crippen MR) is 106 cm³/mol. The monoisotopic (exact) mass is 361 g/mol. The Morgan fingerprint density at radius 3 is 2.63 bits per heavy atom. The standard InChI is InChI=1S/C21H19N3O3/c1-16-9-11-17(12-10-16)15-27-21-8-3-2-5-18(21)14-22-23-19-6-4-7-20(13-19)24(25)26/h2-14,23H,15H2,1H3. The highest BCUT2D eigenvalue weighted by Crippen LogP contribution is 2.19. The van der Waals surface area contributed by atoms with Crippen molar-refractivity contribution in [3.05, 3.63) is 99.6 Å². The molecular weight excluding hydrogens is 342 g/mol. The molecule has 0 spiro atoms. The summed E-state index contributed by atoms with van der Waals surface area (Å²) in [5.74, 6) is 0.711. The number of anilines is 1. The number of para-hydroxylation sites is 1. The number of nitrogens with zero attached hydrogens (tertiary/aromatic N) is 2. The molecule has 3 rings (SSSR count). The Labute approximate surface area is 157 Å². The maximum absolute atomic E-state index is 10.8. The van der Waals surface area contributed by atoms with E-state index in [1.54, 1.807) is 18.3 Å². The fourth-order valence-electron chi connectivity index (χ4n) is 2.43. The summed E-state index contributed by atoms with van der Waals surface area (Å²) in [7, 11) is 0. The van der Waals surface area contributed by atoms with Gasteiger partial charge in [0.05, 0.1) is 16.8 Å². The van der Waals surface area contributed by atoms with E-state index < -0.39 is 4.92 Å². The quantitative estimate of drug-likeness (QED) is 0.368. The molecule has 1 N–H and O–H groups in total. The van der Waals surface area contributed by atoms with Crippen LogP contribution in [-0.4, -0.2) is 11.1 Å². The second-order valence-corrected chi connectivity index (χ2v) is 5.99. The number of hydrazone groups is 1. The minimum atomic E-state index is -0.441. The first-order valence-corrected chi connectivity index (χ1v) is 8.43. The van der Waals surface area contributed by atoms with E-state index in [1.807, 2.05) is 43.3 Å². The summed E-state index contributed by atoms with van der Waals surface area (Å²) >= 11 is 0. The van der Waals surface area contributed by atoms with Gasteiger partial charge < -0.3 is 4.74 Å². The van der Waals surface area contributed by atoms with Crippen LogP contribution in [0.25, 0.3) is 0 Å². The van der Waals surface area contributed by atoms with Crippen LogP contribution in [0.1, 0.15) is 16.7 Å². The lowest BCUT2D eigenvalue weighted by Crippen LogP contribution is -1.99. The zero-order valence-electron chi connectivity index (χ0n) is 14.8. The Bertz CT molecular complexity index is 953. The molecule has 0 amide bonds. The molecular formula is C21H19N3O3. The van der Waals surface area contributed by atoms with Crippen molar-refractivity contribution in [1.29, 1.82) is 0 Å². The van der Waals surface area contributed by atoms with Crippen molar-refractivity contribution in [2.75, 3.05) is 5.43 Å². The van der Waals surface area contributed by atoms with E-state index in [9.17, 15) is 10.1 Å². The second-order valence-electron chi connectivity index (χ2n) is 5.99. The van der Waals surface area contributed by atoms with Crippen molar-refractivity contribution < 1.29 is 9.66 Å². The van der Waals surface area contributed by atoms with Crippen LogP contribution >= 0.6 is 0 Å². The molecule has 0 aliphatic rings. The Kier molecular flexibility index (Phi) is 5.79. The molecule has 6 nitrogen and oxygen atoms in total. The maximum atomic E-state index is 10.8. The number of rotatable bonds is 7. The summed E-state index contributed by atoms with van der Waals surface area (Å²) < 4.78 is 5.91. The van der Waals surface area contributed by atoms with Gasteiger partial charge in [0.15, 0.2) is 0 Å². The SMILES string of the molecule is Cc1ccc(COc2ccccc2C=NNc2cccc([N+](=O)[O-])c2)cc1. The van der Waals surface area contributed by atoms with Gasteiger partial charge >= 0.3 is 0 Å². The molecule has 136 valence electrons. The van der Waals surface area contributed by atoms with Gasteiger partial charge in [-0.1, -0.05) is 48.0 Å². The van der Waals surface area contributed by atoms with E-state index >= 15 is 0 Å². The number of nitrogens with one attached hydrogen (secondary N) is 1. The van der Waals surface area contributed by atoms with Gasteiger partial charge in [-0.2, -0.15) is 5.10 Å². The average Bonchev–Trinajstić information content (AvgIpc) is 2.69. The molecule has 3 aromatic carbocycles. The van der Waals surface area contributed by atoms with Gasteiger partial charge in [-0.05, 0) is 30.7 Å². The molecule has 3 aromatic rings. The molecule has 0 aromatic heterocycles. The van der Waals surface area contributed by atoms with E-state index in [0.717, 1.165) is 11.1 Å². The fourth-order valence-corrected chi connectivity index (χ4v) is 2.43. The molecule has 0 saturated heterocycles. The number of nitro groups is 1. The second kappa shape index (κ2) is 8.62. The number of hydrogen-bond donors (Lipinski definition) is 1. The first kappa shape index (κ1) is 18.1. The van der Waals surface area contributed by atoms with Crippen LogP contribution in [0.15, 0.2) is 77.9 Å². The number of nitro benzene ring substituents is 1. The summed E-state index contributed by atoms with van der Waals surface area (Å²) in [5, 5.41) is 15.0. The lowest BCUT2D eigenvalue weighted by molar-refractivity contribution is -0.384. The number of aryl methyl sites for hydroxylation is 1. The molecule has 6 heteroatoms. The van der Waals surface area contributed by atoms with Crippen molar-refractivity contribution in [2.24, 2.45) is 5.10 Å². The topological polar surface area (TPSA) is 76.8 Å². The van der Waals surface area contributed by atoms with Gasteiger partial charge in [-0.3, -0.25) is 15.5 Å². The van der Waals surface area contributed by atoms with E-state index in [-0.39, 0.29) is 5.69 Å². The zero-order valence-corrected chi connectivity index (χ0v) is 14.8. The van der Waals surface area contributed by atoms with Gasteiger partial charge in [0, 0.05) is 17.7 Å². The van der Waals surface area contributed by atoms with Crippen LogP contribution < -0.4 is 10.2 Å².